The van der Waals surface area contributed by atoms with Crippen molar-refractivity contribution in [1.29, 1.82) is 0 Å². The highest BCUT2D eigenvalue weighted by Crippen LogP contribution is 2.19. The van der Waals surface area contributed by atoms with Crippen molar-refractivity contribution in [3.05, 3.63) is 47.7 Å². The molecule has 0 saturated heterocycles. The molecular weight excluding hydrogens is 586 g/mol. The van der Waals surface area contributed by atoms with Gasteiger partial charge in [-0.15, -0.1) is 0 Å². The van der Waals surface area contributed by atoms with Crippen molar-refractivity contribution in [3.8, 4) is 5.75 Å². The molecule has 2 aromatic rings. The molecule has 3 rings (SSSR count). The van der Waals surface area contributed by atoms with E-state index >= 15 is 0 Å². The van der Waals surface area contributed by atoms with Gasteiger partial charge >= 0.3 is 0 Å². The molecule has 1 aliphatic heterocycles. The van der Waals surface area contributed by atoms with Crippen LogP contribution in [0.15, 0.2) is 35.1 Å². The van der Waals surface area contributed by atoms with Gasteiger partial charge in [-0.3, -0.25) is 28.8 Å². The van der Waals surface area contributed by atoms with E-state index in [9.17, 15) is 28.8 Å². The van der Waals surface area contributed by atoms with Crippen LogP contribution >= 0.6 is 0 Å². The number of unbranched alkanes of at least 4 members (excludes halogenated alkanes) is 1. The molecule has 0 bridgehead atoms. The van der Waals surface area contributed by atoms with Gasteiger partial charge in [0.1, 0.15) is 23.9 Å². The second kappa shape index (κ2) is 16.8. The van der Waals surface area contributed by atoms with Crippen LogP contribution in [0, 0.1) is 12.8 Å². The van der Waals surface area contributed by atoms with Gasteiger partial charge in [-0.2, -0.15) is 0 Å². The number of amides is 6. The summed E-state index contributed by atoms with van der Waals surface area (Å²) >= 11 is 0. The van der Waals surface area contributed by atoms with Crippen LogP contribution in [-0.4, -0.2) is 78.2 Å². The van der Waals surface area contributed by atoms with Crippen LogP contribution in [-0.2, 0) is 19.2 Å². The summed E-state index contributed by atoms with van der Waals surface area (Å²) in [6.07, 6.45) is 2.30. The van der Waals surface area contributed by atoms with E-state index in [0.717, 1.165) is 0 Å². The third-order valence-electron chi connectivity index (χ3n) is 7.07. The van der Waals surface area contributed by atoms with Crippen molar-refractivity contribution in [2.75, 3.05) is 19.7 Å². The lowest BCUT2D eigenvalue weighted by Gasteiger charge is -2.27. The lowest BCUT2D eigenvalue weighted by molar-refractivity contribution is -0.134. The van der Waals surface area contributed by atoms with Gasteiger partial charge < -0.3 is 41.5 Å². The molecule has 6 amide bonds. The summed E-state index contributed by atoms with van der Waals surface area (Å²) in [5, 5.41) is 13.4. The van der Waals surface area contributed by atoms with Crippen LogP contribution in [0.4, 0.5) is 0 Å². The van der Waals surface area contributed by atoms with Gasteiger partial charge in [0.25, 0.3) is 11.8 Å². The number of aromatic nitrogens is 1. The molecule has 3 atom stereocenters. The average Bonchev–Trinajstić information content (AvgIpc) is 3.43. The van der Waals surface area contributed by atoms with E-state index in [1.54, 1.807) is 39.0 Å². The van der Waals surface area contributed by atoms with E-state index < -0.39 is 65.9 Å². The predicted molar refractivity (Wildman–Crippen MR) is 161 cm³/mol. The Balaban J connectivity index is 1.75. The van der Waals surface area contributed by atoms with Crippen LogP contribution in [0.25, 0.3) is 0 Å². The molecule has 1 aromatic heterocycles. The number of benzene rings is 1. The minimum absolute atomic E-state index is 0.127. The van der Waals surface area contributed by atoms with Crippen molar-refractivity contribution in [2.24, 2.45) is 11.7 Å². The van der Waals surface area contributed by atoms with Crippen LogP contribution < -0.4 is 37.1 Å². The highest BCUT2D eigenvalue weighted by atomic mass is 16.5. The fourth-order valence-electron chi connectivity index (χ4n) is 4.61. The zero-order chi connectivity index (χ0) is 32.9. The van der Waals surface area contributed by atoms with E-state index in [-0.39, 0.29) is 36.6 Å². The lowest BCUT2D eigenvalue weighted by atomic mass is 10.0. The maximum Gasteiger partial charge on any atom is 0.288 e. The molecule has 0 fully saturated rings. The summed E-state index contributed by atoms with van der Waals surface area (Å²) < 4.78 is 10.9. The minimum atomic E-state index is -1.37. The Morgan fingerprint density at radius 1 is 1.02 bits per heavy atom. The first-order chi connectivity index (χ1) is 21.5. The molecule has 15 heteroatoms. The van der Waals surface area contributed by atoms with Gasteiger partial charge in [0.15, 0.2) is 6.39 Å². The molecule has 0 spiro atoms. The van der Waals surface area contributed by atoms with Gasteiger partial charge in [0.05, 0.1) is 24.3 Å². The summed E-state index contributed by atoms with van der Waals surface area (Å²) in [7, 11) is 0. The third kappa shape index (κ3) is 10.3. The number of aryl methyl sites for hydroxylation is 1. The molecule has 244 valence electrons. The fourth-order valence-corrected chi connectivity index (χ4v) is 4.61. The summed E-state index contributed by atoms with van der Waals surface area (Å²) in [6.45, 7) is 5.76. The SMILES string of the molecule is Cc1ncoc1C(=O)NCCCC[C@@H]1NC(=O)[C@@H](C(C)C)NC(=O)[C@H](CC(N)=O)NC(=O)c2ccccc2OCCCNC1=O. The number of fused-ring (bicyclic) bond motifs is 1. The molecule has 0 radical (unpaired) electrons. The third-order valence-corrected chi connectivity index (χ3v) is 7.07. The van der Waals surface area contributed by atoms with E-state index in [0.29, 0.717) is 31.5 Å². The summed E-state index contributed by atoms with van der Waals surface area (Å²) in [5.74, 6) is -3.77. The van der Waals surface area contributed by atoms with Crippen molar-refractivity contribution in [3.63, 3.8) is 0 Å². The highest BCUT2D eigenvalue weighted by Gasteiger charge is 2.32. The average molecular weight is 628 g/mol. The lowest BCUT2D eigenvalue weighted by Crippen LogP contribution is -2.58. The number of oxazole rings is 1. The number of rotatable bonds is 9. The quantitative estimate of drug-likeness (QED) is 0.207. The van der Waals surface area contributed by atoms with Crippen molar-refractivity contribution in [2.45, 2.75) is 71.0 Å². The number of para-hydroxylation sites is 1. The molecule has 0 saturated carbocycles. The molecule has 15 nitrogen and oxygen atoms in total. The number of primary amides is 1. The van der Waals surface area contributed by atoms with Crippen molar-refractivity contribution < 1.29 is 37.9 Å². The first kappa shape index (κ1) is 34.5. The zero-order valence-electron chi connectivity index (χ0n) is 25.6. The molecule has 0 aliphatic carbocycles. The second-order valence-electron chi connectivity index (χ2n) is 11.0. The van der Waals surface area contributed by atoms with E-state index in [4.69, 9.17) is 14.9 Å². The number of nitrogens with two attached hydrogens (primary N) is 1. The van der Waals surface area contributed by atoms with Crippen LogP contribution in [0.5, 0.6) is 5.75 Å². The first-order valence-corrected chi connectivity index (χ1v) is 14.9. The normalized spacial score (nSPS) is 20.0. The molecule has 1 aromatic carbocycles. The van der Waals surface area contributed by atoms with Gasteiger partial charge in [-0.25, -0.2) is 4.98 Å². The summed E-state index contributed by atoms with van der Waals surface area (Å²) in [4.78, 5) is 81.0. The Kier molecular flexibility index (Phi) is 12.9. The van der Waals surface area contributed by atoms with E-state index in [1.165, 1.54) is 12.5 Å². The van der Waals surface area contributed by atoms with Gasteiger partial charge in [-0.1, -0.05) is 26.0 Å². The van der Waals surface area contributed by atoms with E-state index in [2.05, 4.69) is 31.6 Å². The Morgan fingerprint density at radius 3 is 2.47 bits per heavy atom. The molecular formula is C30H41N7O8. The number of carbonyl (C=O) groups excluding carboxylic acids is 6. The van der Waals surface area contributed by atoms with Gasteiger partial charge in [0.2, 0.25) is 29.4 Å². The monoisotopic (exact) mass is 627 g/mol. The van der Waals surface area contributed by atoms with Crippen LogP contribution in [0.2, 0.25) is 0 Å². The molecule has 2 heterocycles. The fraction of sp³-hybridized carbons (Fsp3) is 0.500. The van der Waals surface area contributed by atoms with Crippen LogP contribution in [0.1, 0.15) is 72.6 Å². The second-order valence-corrected chi connectivity index (χ2v) is 11.0. The first-order valence-electron chi connectivity index (χ1n) is 14.9. The molecule has 1 aliphatic rings. The minimum Gasteiger partial charge on any atom is -0.493 e. The summed E-state index contributed by atoms with van der Waals surface area (Å²) in [5.41, 5.74) is 5.97. The molecule has 45 heavy (non-hydrogen) atoms. The number of nitrogens with zero attached hydrogens (tertiary/aromatic N) is 1. The number of nitrogens with one attached hydrogen (secondary N) is 5. The summed E-state index contributed by atoms with van der Waals surface area (Å²) in [6, 6.07) is 2.99. The molecule has 7 N–H and O–H groups in total. The standard InChI is InChI=1S/C30H41N7O8/c1-17(2)24-29(42)35-20(10-6-7-12-33-30(43)25-18(3)34-16-45-25)27(40)32-13-8-14-44-22-11-5-4-9-19(22)26(39)36-21(15-23(31)38)28(41)37-24/h4-5,9,11,16-17,20-21,24H,6-8,10,12-15H2,1-3H3,(H2,31,38)(H,32,40)(H,33,43)(H,35,42)(H,36,39)(H,37,41)/t20-,21-,24+/m0/s1. The smallest absolute Gasteiger partial charge is 0.288 e. The Bertz CT molecular complexity index is 1380. The maximum absolute atomic E-state index is 13.4. The van der Waals surface area contributed by atoms with Gasteiger partial charge in [-0.05, 0) is 50.7 Å². The topological polar surface area (TPSA) is 224 Å². The van der Waals surface area contributed by atoms with Crippen LogP contribution in [0.3, 0.4) is 0 Å². The molecule has 0 unspecified atom stereocenters. The maximum atomic E-state index is 13.4. The Hall–Kier alpha value is -4.95. The van der Waals surface area contributed by atoms with Crippen molar-refractivity contribution in [1.82, 2.24) is 31.6 Å². The number of hydrogen-bond donors (Lipinski definition) is 6. The van der Waals surface area contributed by atoms with Crippen molar-refractivity contribution >= 4 is 35.4 Å². The largest absolute Gasteiger partial charge is 0.493 e. The number of ether oxygens (including phenoxy) is 1. The Morgan fingerprint density at radius 2 is 1.78 bits per heavy atom. The van der Waals surface area contributed by atoms with Gasteiger partial charge in [0, 0.05) is 13.1 Å². The number of carbonyl (C=O) groups is 6. The number of hydrogen-bond acceptors (Lipinski definition) is 9. The van der Waals surface area contributed by atoms with E-state index in [1.807, 2.05) is 0 Å². The Labute approximate surface area is 260 Å². The zero-order valence-corrected chi connectivity index (χ0v) is 25.6. The highest BCUT2D eigenvalue weighted by molar-refractivity contribution is 6.01. The predicted octanol–water partition coefficient (Wildman–Crippen LogP) is 0.0814.